The molecular formula is C24H32O6. The highest BCUT2D eigenvalue weighted by molar-refractivity contribution is 5.87. The van der Waals surface area contributed by atoms with Gasteiger partial charge >= 0.3 is 11.9 Å². The monoisotopic (exact) mass is 416 g/mol. The van der Waals surface area contributed by atoms with Gasteiger partial charge in [-0.3, -0.25) is 0 Å². The summed E-state index contributed by atoms with van der Waals surface area (Å²) in [5.74, 6) is -1.12. The van der Waals surface area contributed by atoms with Crippen molar-refractivity contribution in [2.24, 2.45) is 11.8 Å². The predicted octanol–water partition coefficient (Wildman–Crippen LogP) is 4.32. The molecule has 0 saturated heterocycles. The van der Waals surface area contributed by atoms with Gasteiger partial charge in [0.1, 0.15) is 0 Å². The molecule has 1 fully saturated rings. The largest absolute Gasteiger partial charge is 0.478 e. The van der Waals surface area contributed by atoms with E-state index in [1.165, 1.54) is 25.7 Å². The molecule has 0 bridgehead atoms. The van der Waals surface area contributed by atoms with Crippen LogP contribution in [0.4, 0.5) is 0 Å². The molecule has 1 saturated carbocycles. The minimum atomic E-state index is -0.879. The highest BCUT2D eigenvalue weighted by Gasteiger charge is 2.31. The fourth-order valence-electron chi connectivity index (χ4n) is 3.69. The van der Waals surface area contributed by atoms with E-state index >= 15 is 0 Å². The van der Waals surface area contributed by atoms with Crippen LogP contribution in [0.2, 0.25) is 0 Å². The highest BCUT2D eigenvalue weighted by Crippen LogP contribution is 2.34. The third kappa shape index (κ3) is 9.20. The molecule has 0 radical (unpaired) electrons. The van der Waals surface area contributed by atoms with Crippen molar-refractivity contribution in [3.63, 3.8) is 0 Å². The maximum Gasteiger partial charge on any atom is 0.335 e. The Kier molecular flexibility index (Phi) is 11.4. The van der Waals surface area contributed by atoms with Crippen molar-refractivity contribution in [2.45, 2.75) is 51.7 Å². The molecule has 1 aliphatic rings. The number of hydrogen-bond donors (Lipinski definition) is 4. The molecule has 0 aliphatic heterocycles. The lowest BCUT2D eigenvalue weighted by molar-refractivity contribution is -0.000221. The minimum absolute atomic E-state index is 0.0903. The summed E-state index contributed by atoms with van der Waals surface area (Å²) in [5, 5.41) is 35.7. The normalized spacial score (nSPS) is 16.1. The SMILES string of the molecule is CC(O)C(C(C)O)C1CCCC1.O=C(O)c1ccccc1.O=C(O)c1ccccc1. The fourth-order valence-corrected chi connectivity index (χ4v) is 3.69. The van der Waals surface area contributed by atoms with Gasteiger partial charge in [0.15, 0.2) is 0 Å². The molecule has 4 N–H and O–H groups in total. The summed E-state index contributed by atoms with van der Waals surface area (Å²) in [7, 11) is 0. The second-order valence-corrected chi connectivity index (χ2v) is 7.45. The van der Waals surface area contributed by atoms with E-state index < -0.39 is 11.9 Å². The van der Waals surface area contributed by atoms with Gasteiger partial charge in [0, 0.05) is 5.92 Å². The van der Waals surface area contributed by atoms with Gasteiger partial charge in [-0.1, -0.05) is 49.2 Å². The van der Waals surface area contributed by atoms with Crippen LogP contribution in [0.1, 0.15) is 60.2 Å². The molecule has 164 valence electrons. The molecule has 2 unspecified atom stereocenters. The first-order valence-corrected chi connectivity index (χ1v) is 10.2. The molecule has 3 rings (SSSR count). The van der Waals surface area contributed by atoms with Crippen molar-refractivity contribution in [1.29, 1.82) is 0 Å². The third-order valence-electron chi connectivity index (χ3n) is 5.10. The van der Waals surface area contributed by atoms with Gasteiger partial charge in [0.25, 0.3) is 0 Å². The van der Waals surface area contributed by atoms with E-state index in [4.69, 9.17) is 10.2 Å². The van der Waals surface area contributed by atoms with Crippen molar-refractivity contribution in [1.82, 2.24) is 0 Å². The maximum absolute atomic E-state index is 10.2. The Labute approximate surface area is 177 Å². The summed E-state index contributed by atoms with van der Waals surface area (Å²) >= 11 is 0. The molecule has 1 aliphatic carbocycles. The zero-order valence-corrected chi connectivity index (χ0v) is 17.5. The molecule has 0 heterocycles. The van der Waals surface area contributed by atoms with Crippen molar-refractivity contribution >= 4 is 11.9 Å². The number of hydrogen-bond acceptors (Lipinski definition) is 4. The number of aliphatic hydroxyl groups excluding tert-OH is 2. The summed E-state index contributed by atoms with van der Waals surface area (Å²) < 4.78 is 0. The second-order valence-electron chi connectivity index (χ2n) is 7.45. The third-order valence-corrected chi connectivity index (χ3v) is 5.10. The first-order chi connectivity index (χ1) is 14.2. The van der Waals surface area contributed by atoms with Crippen LogP contribution in [0.5, 0.6) is 0 Å². The van der Waals surface area contributed by atoms with Crippen LogP contribution in [-0.4, -0.2) is 44.6 Å². The summed E-state index contributed by atoms with van der Waals surface area (Å²) in [5.41, 5.74) is 0.662. The van der Waals surface area contributed by atoms with E-state index in [-0.39, 0.29) is 18.1 Å². The Hall–Kier alpha value is -2.70. The van der Waals surface area contributed by atoms with Gasteiger partial charge in [0.05, 0.1) is 23.3 Å². The van der Waals surface area contributed by atoms with Gasteiger partial charge in [-0.2, -0.15) is 0 Å². The first-order valence-electron chi connectivity index (χ1n) is 10.2. The summed E-state index contributed by atoms with van der Waals surface area (Å²) in [6.07, 6.45) is 4.16. The summed E-state index contributed by atoms with van der Waals surface area (Å²) in [4.78, 5) is 20.4. The van der Waals surface area contributed by atoms with Crippen molar-refractivity contribution in [3.8, 4) is 0 Å². The maximum atomic E-state index is 10.2. The number of aliphatic hydroxyl groups is 2. The quantitative estimate of drug-likeness (QED) is 0.577. The van der Waals surface area contributed by atoms with Crippen LogP contribution < -0.4 is 0 Å². The summed E-state index contributed by atoms with van der Waals surface area (Å²) in [6, 6.07) is 16.6. The average Bonchev–Trinajstić information content (AvgIpc) is 3.24. The van der Waals surface area contributed by atoms with E-state index in [1.54, 1.807) is 74.5 Å². The van der Waals surface area contributed by atoms with Crippen molar-refractivity contribution in [2.75, 3.05) is 0 Å². The highest BCUT2D eigenvalue weighted by atomic mass is 16.4. The van der Waals surface area contributed by atoms with Crippen molar-refractivity contribution < 1.29 is 30.0 Å². The summed E-state index contributed by atoms with van der Waals surface area (Å²) in [6.45, 7) is 3.57. The van der Waals surface area contributed by atoms with Crippen LogP contribution in [0.25, 0.3) is 0 Å². The Morgan fingerprint density at radius 3 is 1.30 bits per heavy atom. The molecule has 2 aromatic carbocycles. The van der Waals surface area contributed by atoms with Crippen LogP contribution in [0.15, 0.2) is 60.7 Å². The first kappa shape index (κ1) is 25.3. The Morgan fingerprint density at radius 2 is 1.07 bits per heavy atom. The van der Waals surface area contributed by atoms with Crippen LogP contribution in [-0.2, 0) is 0 Å². The number of aromatic carboxylic acids is 2. The Morgan fingerprint density at radius 1 is 0.733 bits per heavy atom. The standard InChI is InChI=1S/C10H20O2.2C7H6O2/c1-7(11)10(8(2)12)9-5-3-4-6-9;2*8-7(9)6-4-2-1-3-5-6/h7-12H,3-6H2,1-2H3;2*1-5H,(H,8,9). The lowest BCUT2D eigenvalue weighted by Crippen LogP contribution is -2.33. The smallest absolute Gasteiger partial charge is 0.335 e. The average molecular weight is 417 g/mol. The van der Waals surface area contributed by atoms with Gasteiger partial charge in [-0.25, -0.2) is 9.59 Å². The van der Waals surface area contributed by atoms with Crippen molar-refractivity contribution in [3.05, 3.63) is 71.8 Å². The zero-order valence-electron chi connectivity index (χ0n) is 17.5. The van der Waals surface area contributed by atoms with Gasteiger partial charge < -0.3 is 20.4 Å². The van der Waals surface area contributed by atoms with E-state index in [9.17, 15) is 19.8 Å². The van der Waals surface area contributed by atoms with Crippen LogP contribution >= 0.6 is 0 Å². The molecule has 0 spiro atoms. The Balaban J connectivity index is 0.000000229. The molecule has 0 amide bonds. The number of carboxylic acid groups (broad SMARTS) is 2. The minimum Gasteiger partial charge on any atom is -0.478 e. The Bertz CT molecular complexity index is 679. The zero-order chi connectivity index (χ0) is 22.5. The van der Waals surface area contributed by atoms with E-state index in [2.05, 4.69) is 0 Å². The lowest BCUT2D eigenvalue weighted by Gasteiger charge is -2.28. The van der Waals surface area contributed by atoms with Crippen LogP contribution in [0.3, 0.4) is 0 Å². The predicted molar refractivity (Wildman–Crippen MR) is 116 cm³/mol. The van der Waals surface area contributed by atoms with E-state index in [1.807, 2.05) is 0 Å². The van der Waals surface area contributed by atoms with E-state index in [0.29, 0.717) is 17.0 Å². The number of carbonyl (C=O) groups is 2. The van der Waals surface area contributed by atoms with E-state index in [0.717, 1.165) is 0 Å². The number of carboxylic acids is 2. The van der Waals surface area contributed by atoms with Gasteiger partial charge in [-0.05, 0) is 56.9 Å². The molecular weight excluding hydrogens is 384 g/mol. The fraction of sp³-hybridized carbons (Fsp3) is 0.417. The molecule has 30 heavy (non-hydrogen) atoms. The van der Waals surface area contributed by atoms with Crippen LogP contribution in [0, 0.1) is 11.8 Å². The molecule has 6 heteroatoms. The van der Waals surface area contributed by atoms with Gasteiger partial charge in [0.2, 0.25) is 0 Å². The molecule has 6 nitrogen and oxygen atoms in total. The number of rotatable bonds is 5. The molecule has 2 atom stereocenters. The molecule has 2 aromatic rings. The topological polar surface area (TPSA) is 115 Å². The lowest BCUT2D eigenvalue weighted by atomic mass is 9.83. The van der Waals surface area contributed by atoms with Gasteiger partial charge in [-0.15, -0.1) is 0 Å². The molecule has 0 aromatic heterocycles. The second kappa shape index (κ2) is 13.5. The number of benzene rings is 2.